The van der Waals surface area contributed by atoms with Gasteiger partial charge >= 0.3 is 0 Å². The SMILES string of the molecule is O=C(N[C@H]1CC(=O)N(c2ccc3c(c2)OCCO3)C1)C(c1ccccc1)c1ccccc1. The van der Waals surface area contributed by atoms with Crippen LogP contribution in [0.1, 0.15) is 23.5 Å². The van der Waals surface area contributed by atoms with Crippen LogP contribution in [0.25, 0.3) is 0 Å². The van der Waals surface area contributed by atoms with Crippen molar-refractivity contribution in [2.45, 2.75) is 18.4 Å². The lowest BCUT2D eigenvalue weighted by Crippen LogP contribution is -2.40. The van der Waals surface area contributed by atoms with Gasteiger partial charge in [0.05, 0.1) is 12.0 Å². The molecule has 0 radical (unpaired) electrons. The molecule has 1 N–H and O–H groups in total. The Bertz CT molecular complexity index is 1080. The van der Waals surface area contributed by atoms with E-state index in [9.17, 15) is 9.59 Å². The van der Waals surface area contributed by atoms with E-state index in [1.54, 1.807) is 4.90 Å². The van der Waals surface area contributed by atoms with Gasteiger partial charge in [0.25, 0.3) is 0 Å². The second-order valence-electron chi connectivity index (χ2n) is 8.00. The molecule has 6 nitrogen and oxygen atoms in total. The summed E-state index contributed by atoms with van der Waals surface area (Å²) in [6.45, 7) is 1.43. The first kappa shape index (κ1) is 20.1. The van der Waals surface area contributed by atoms with Crippen LogP contribution in [0, 0.1) is 0 Å². The quantitative estimate of drug-likeness (QED) is 0.675. The average Bonchev–Trinajstić information content (AvgIpc) is 3.20. The molecule has 6 heteroatoms. The van der Waals surface area contributed by atoms with Crippen LogP contribution in [0.4, 0.5) is 5.69 Å². The van der Waals surface area contributed by atoms with E-state index in [0.29, 0.717) is 31.3 Å². The highest BCUT2D eigenvalue weighted by Gasteiger charge is 2.34. The number of amides is 2. The van der Waals surface area contributed by atoms with E-state index < -0.39 is 5.92 Å². The van der Waals surface area contributed by atoms with E-state index in [1.165, 1.54) is 0 Å². The van der Waals surface area contributed by atoms with Crippen LogP contribution in [0.5, 0.6) is 11.5 Å². The van der Waals surface area contributed by atoms with Gasteiger partial charge in [-0.3, -0.25) is 9.59 Å². The summed E-state index contributed by atoms with van der Waals surface area (Å²) < 4.78 is 11.2. The monoisotopic (exact) mass is 428 g/mol. The summed E-state index contributed by atoms with van der Waals surface area (Å²) in [7, 11) is 0. The Labute approximate surface area is 186 Å². The van der Waals surface area contributed by atoms with Crippen molar-refractivity contribution in [1.82, 2.24) is 5.32 Å². The predicted octanol–water partition coefficient (Wildman–Crippen LogP) is 3.51. The van der Waals surface area contributed by atoms with Crippen LogP contribution >= 0.6 is 0 Å². The predicted molar refractivity (Wildman–Crippen MR) is 121 cm³/mol. The number of rotatable bonds is 5. The number of hydrogen-bond acceptors (Lipinski definition) is 4. The molecular weight excluding hydrogens is 404 g/mol. The van der Waals surface area contributed by atoms with Gasteiger partial charge in [0.15, 0.2) is 11.5 Å². The second kappa shape index (κ2) is 8.75. The summed E-state index contributed by atoms with van der Waals surface area (Å²) >= 11 is 0. The Balaban J connectivity index is 1.33. The Hall–Kier alpha value is -3.80. The topological polar surface area (TPSA) is 67.9 Å². The van der Waals surface area contributed by atoms with Crippen molar-refractivity contribution in [1.29, 1.82) is 0 Å². The lowest BCUT2D eigenvalue weighted by molar-refractivity contribution is -0.122. The highest BCUT2D eigenvalue weighted by molar-refractivity contribution is 5.97. The summed E-state index contributed by atoms with van der Waals surface area (Å²) in [6, 6.07) is 24.7. The van der Waals surface area contributed by atoms with Crippen LogP contribution in [0.15, 0.2) is 78.9 Å². The van der Waals surface area contributed by atoms with E-state index in [4.69, 9.17) is 9.47 Å². The minimum absolute atomic E-state index is 0.0250. The molecule has 0 bridgehead atoms. The van der Waals surface area contributed by atoms with Crippen molar-refractivity contribution in [3.8, 4) is 11.5 Å². The fourth-order valence-corrected chi connectivity index (χ4v) is 4.32. The van der Waals surface area contributed by atoms with Crippen LogP contribution in [-0.4, -0.2) is 37.6 Å². The molecule has 5 rings (SSSR count). The largest absolute Gasteiger partial charge is 0.486 e. The maximum atomic E-state index is 13.4. The third kappa shape index (κ3) is 4.04. The van der Waals surface area contributed by atoms with Gasteiger partial charge in [-0.2, -0.15) is 0 Å². The van der Waals surface area contributed by atoms with Crippen molar-refractivity contribution in [3.05, 3.63) is 90.0 Å². The summed E-state index contributed by atoms with van der Waals surface area (Å²) in [5.74, 6) is 0.760. The molecule has 2 aliphatic heterocycles. The van der Waals surface area contributed by atoms with Crippen LogP contribution in [0.3, 0.4) is 0 Å². The van der Waals surface area contributed by atoms with Crippen molar-refractivity contribution in [2.75, 3.05) is 24.7 Å². The highest BCUT2D eigenvalue weighted by Crippen LogP contribution is 2.35. The zero-order valence-corrected chi connectivity index (χ0v) is 17.6. The van der Waals surface area contributed by atoms with Crippen LogP contribution in [0.2, 0.25) is 0 Å². The van der Waals surface area contributed by atoms with E-state index in [0.717, 1.165) is 16.8 Å². The molecule has 2 amide bonds. The number of nitrogens with one attached hydrogen (secondary N) is 1. The molecule has 2 aliphatic rings. The van der Waals surface area contributed by atoms with Crippen molar-refractivity contribution in [3.63, 3.8) is 0 Å². The fraction of sp³-hybridized carbons (Fsp3) is 0.231. The molecule has 1 atom stereocenters. The molecule has 1 fully saturated rings. The molecule has 0 aromatic heterocycles. The number of carbonyl (C=O) groups is 2. The minimum atomic E-state index is -0.434. The molecule has 0 spiro atoms. The number of fused-ring (bicyclic) bond motifs is 1. The number of ether oxygens (including phenoxy) is 2. The number of carbonyl (C=O) groups excluding carboxylic acids is 2. The lowest BCUT2D eigenvalue weighted by Gasteiger charge is -2.23. The first-order valence-corrected chi connectivity index (χ1v) is 10.8. The Morgan fingerprint density at radius 1 is 0.875 bits per heavy atom. The van der Waals surface area contributed by atoms with Gasteiger partial charge in [-0.1, -0.05) is 60.7 Å². The van der Waals surface area contributed by atoms with E-state index in [1.807, 2.05) is 78.9 Å². The molecule has 2 heterocycles. The Morgan fingerprint density at radius 3 is 2.16 bits per heavy atom. The molecule has 0 saturated carbocycles. The Morgan fingerprint density at radius 2 is 1.50 bits per heavy atom. The van der Waals surface area contributed by atoms with E-state index in [-0.39, 0.29) is 24.3 Å². The van der Waals surface area contributed by atoms with Crippen molar-refractivity contribution >= 4 is 17.5 Å². The molecule has 3 aromatic rings. The molecule has 1 saturated heterocycles. The maximum Gasteiger partial charge on any atom is 0.232 e. The third-order valence-corrected chi connectivity index (χ3v) is 5.84. The fourth-order valence-electron chi connectivity index (χ4n) is 4.32. The van der Waals surface area contributed by atoms with E-state index >= 15 is 0 Å². The number of hydrogen-bond donors (Lipinski definition) is 1. The Kier molecular flexibility index (Phi) is 5.50. The van der Waals surface area contributed by atoms with Gasteiger partial charge in [0.2, 0.25) is 11.8 Å². The third-order valence-electron chi connectivity index (χ3n) is 5.84. The van der Waals surface area contributed by atoms with Crippen molar-refractivity contribution in [2.24, 2.45) is 0 Å². The first-order valence-electron chi connectivity index (χ1n) is 10.8. The van der Waals surface area contributed by atoms with Crippen LogP contribution < -0.4 is 19.7 Å². The first-order chi connectivity index (χ1) is 15.7. The molecule has 32 heavy (non-hydrogen) atoms. The van der Waals surface area contributed by atoms with Gasteiger partial charge in [0, 0.05) is 24.7 Å². The minimum Gasteiger partial charge on any atom is -0.486 e. The van der Waals surface area contributed by atoms with Gasteiger partial charge in [-0.15, -0.1) is 0 Å². The summed E-state index contributed by atoms with van der Waals surface area (Å²) in [5, 5.41) is 3.11. The zero-order valence-electron chi connectivity index (χ0n) is 17.6. The zero-order chi connectivity index (χ0) is 21.9. The smallest absolute Gasteiger partial charge is 0.232 e. The van der Waals surface area contributed by atoms with Gasteiger partial charge in [-0.25, -0.2) is 0 Å². The van der Waals surface area contributed by atoms with Gasteiger partial charge in [0.1, 0.15) is 13.2 Å². The average molecular weight is 428 g/mol. The maximum absolute atomic E-state index is 13.4. The standard InChI is InChI=1S/C26H24N2O4/c29-24-15-20(17-28(24)21-11-12-22-23(16-21)32-14-13-31-22)27-26(30)25(18-7-3-1-4-8-18)19-9-5-2-6-10-19/h1-12,16,20,25H,13-15,17H2,(H,27,30)/t20-/m0/s1. The molecule has 0 aliphatic carbocycles. The summed E-state index contributed by atoms with van der Waals surface area (Å²) in [5.41, 5.74) is 2.59. The van der Waals surface area contributed by atoms with Crippen LogP contribution in [-0.2, 0) is 9.59 Å². The molecule has 3 aromatic carbocycles. The molecule has 0 unspecified atom stereocenters. The summed E-state index contributed by atoms with van der Waals surface area (Å²) in [6.07, 6.45) is 0.260. The lowest BCUT2D eigenvalue weighted by atomic mass is 9.90. The number of nitrogens with zero attached hydrogens (tertiary/aromatic N) is 1. The van der Waals surface area contributed by atoms with E-state index in [2.05, 4.69) is 5.32 Å². The number of anilines is 1. The second-order valence-corrected chi connectivity index (χ2v) is 8.00. The van der Waals surface area contributed by atoms with Gasteiger partial charge in [-0.05, 0) is 23.3 Å². The van der Waals surface area contributed by atoms with Gasteiger partial charge < -0.3 is 19.7 Å². The highest BCUT2D eigenvalue weighted by atomic mass is 16.6. The molecule has 162 valence electrons. The number of benzene rings is 3. The molecular formula is C26H24N2O4. The normalized spacial score (nSPS) is 17.5. The van der Waals surface area contributed by atoms with Crippen molar-refractivity contribution < 1.29 is 19.1 Å². The summed E-state index contributed by atoms with van der Waals surface area (Å²) in [4.78, 5) is 27.8.